The van der Waals surface area contributed by atoms with Crippen molar-refractivity contribution in [2.45, 2.75) is 52.1 Å². The van der Waals surface area contributed by atoms with Gasteiger partial charge in [0.15, 0.2) is 0 Å². The number of carbonyl (C=O) groups excluding carboxylic acids is 2. The number of rotatable bonds is 8. The van der Waals surface area contributed by atoms with E-state index in [9.17, 15) is 31.2 Å². The number of halogens is 3. The number of sulfonamides is 1. The monoisotopic (exact) mass is 437 g/mol. The Balaban J connectivity index is 2.64. The Morgan fingerprint density at radius 3 is 1.79 bits per heavy atom. The lowest BCUT2D eigenvalue weighted by Crippen LogP contribution is -2.41. The van der Waals surface area contributed by atoms with Gasteiger partial charge < -0.3 is 10.6 Å². The van der Waals surface area contributed by atoms with Crippen LogP contribution in [0, 0.1) is 34.6 Å². The van der Waals surface area contributed by atoms with Gasteiger partial charge in [-0.15, -0.1) is 0 Å². The number of carbonyl (C=O) groups is 2. The van der Waals surface area contributed by atoms with E-state index in [0.717, 1.165) is 16.7 Å². The number of hydrogen-bond acceptors (Lipinski definition) is 4. The molecule has 0 heterocycles. The Morgan fingerprint density at radius 1 is 0.828 bits per heavy atom. The van der Waals surface area contributed by atoms with Gasteiger partial charge in [0.25, 0.3) is 0 Å². The molecule has 1 rings (SSSR count). The van der Waals surface area contributed by atoms with Gasteiger partial charge in [0.1, 0.15) is 6.54 Å². The van der Waals surface area contributed by atoms with Crippen LogP contribution in [0.25, 0.3) is 0 Å². The summed E-state index contributed by atoms with van der Waals surface area (Å²) in [7, 11) is -3.87. The Labute approximate surface area is 168 Å². The third kappa shape index (κ3) is 7.00. The summed E-state index contributed by atoms with van der Waals surface area (Å²) >= 11 is 0. The molecular formula is C18H26F3N3O4S. The molecule has 2 amide bonds. The molecule has 0 fully saturated rings. The van der Waals surface area contributed by atoms with Crippen LogP contribution >= 0.6 is 0 Å². The second kappa shape index (κ2) is 9.57. The van der Waals surface area contributed by atoms with Gasteiger partial charge >= 0.3 is 6.18 Å². The fourth-order valence-electron chi connectivity index (χ4n) is 2.77. The topological polar surface area (TPSA) is 104 Å². The zero-order valence-electron chi connectivity index (χ0n) is 17.0. The summed E-state index contributed by atoms with van der Waals surface area (Å²) < 4.78 is 63.7. The molecule has 0 radical (unpaired) electrons. The lowest BCUT2D eigenvalue weighted by Gasteiger charge is -2.19. The summed E-state index contributed by atoms with van der Waals surface area (Å²) in [6, 6.07) is 0. The molecule has 164 valence electrons. The van der Waals surface area contributed by atoms with E-state index in [1.165, 1.54) is 0 Å². The molecule has 29 heavy (non-hydrogen) atoms. The SMILES string of the molecule is Cc1c(C)c(C)c(S(=O)(=O)NCCC(=O)NCC(=O)NCC(F)(F)F)c(C)c1C. The van der Waals surface area contributed by atoms with Gasteiger partial charge in [0, 0.05) is 13.0 Å². The van der Waals surface area contributed by atoms with Crippen LogP contribution in [0.1, 0.15) is 34.2 Å². The maximum absolute atomic E-state index is 12.7. The van der Waals surface area contributed by atoms with Gasteiger partial charge in [-0.2, -0.15) is 13.2 Å². The third-order valence-electron chi connectivity index (χ3n) is 4.78. The smallest absolute Gasteiger partial charge is 0.347 e. The van der Waals surface area contributed by atoms with Gasteiger partial charge in [0.2, 0.25) is 21.8 Å². The average Bonchev–Trinajstić information content (AvgIpc) is 2.60. The van der Waals surface area contributed by atoms with Crippen LogP contribution in [0.15, 0.2) is 4.90 Å². The van der Waals surface area contributed by atoms with Crippen molar-refractivity contribution in [1.29, 1.82) is 0 Å². The highest BCUT2D eigenvalue weighted by Gasteiger charge is 2.27. The van der Waals surface area contributed by atoms with Crippen molar-refractivity contribution in [3.05, 3.63) is 27.8 Å². The second-order valence-corrected chi connectivity index (χ2v) is 8.47. The van der Waals surface area contributed by atoms with Gasteiger partial charge in [-0.25, -0.2) is 13.1 Å². The van der Waals surface area contributed by atoms with Crippen molar-refractivity contribution in [1.82, 2.24) is 15.4 Å². The van der Waals surface area contributed by atoms with Crippen LogP contribution in [0.2, 0.25) is 0 Å². The number of hydrogen-bond donors (Lipinski definition) is 3. The minimum atomic E-state index is -4.54. The molecule has 0 saturated carbocycles. The molecule has 11 heteroatoms. The average molecular weight is 437 g/mol. The highest BCUT2D eigenvalue weighted by Crippen LogP contribution is 2.29. The molecule has 1 aromatic carbocycles. The quantitative estimate of drug-likeness (QED) is 0.576. The van der Waals surface area contributed by atoms with E-state index in [1.54, 1.807) is 19.2 Å². The van der Waals surface area contributed by atoms with E-state index in [2.05, 4.69) is 10.0 Å². The number of alkyl halides is 3. The van der Waals surface area contributed by atoms with Gasteiger partial charge in [-0.3, -0.25) is 9.59 Å². The zero-order valence-corrected chi connectivity index (χ0v) is 17.8. The van der Waals surface area contributed by atoms with Gasteiger partial charge in [0.05, 0.1) is 11.4 Å². The summed E-state index contributed by atoms with van der Waals surface area (Å²) in [5, 5.41) is 3.76. The lowest BCUT2D eigenvalue weighted by atomic mass is 9.95. The summed E-state index contributed by atoms with van der Waals surface area (Å²) in [5.74, 6) is -1.66. The second-order valence-electron chi connectivity index (χ2n) is 6.77. The molecule has 0 aliphatic carbocycles. The third-order valence-corrected chi connectivity index (χ3v) is 6.51. The predicted octanol–water partition coefficient (Wildman–Crippen LogP) is 1.69. The van der Waals surface area contributed by atoms with Crippen LogP contribution < -0.4 is 15.4 Å². The van der Waals surface area contributed by atoms with Crippen LogP contribution in [0.3, 0.4) is 0 Å². The Hall–Kier alpha value is -2.14. The van der Waals surface area contributed by atoms with Crippen molar-refractivity contribution in [2.24, 2.45) is 0 Å². The first-order chi connectivity index (χ1) is 13.2. The minimum absolute atomic E-state index is 0.171. The first-order valence-electron chi connectivity index (χ1n) is 8.84. The number of amides is 2. The van der Waals surface area contributed by atoms with Crippen LogP contribution in [-0.4, -0.2) is 46.0 Å². The van der Waals surface area contributed by atoms with Gasteiger partial charge in [-0.05, 0) is 62.4 Å². The van der Waals surface area contributed by atoms with E-state index >= 15 is 0 Å². The zero-order chi connectivity index (χ0) is 22.6. The van der Waals surface area contributed by atoms with E-state index in [4.69, 9.17) is 0 Å². The molecule has 1 aromatic rings. The molecule has 0 saturated heterocycles. The van der Waals surface area contributed by atoms with E-state index in [0.29, 0.717) is 11.1 Å². The molecule has 0 spiro atoms. The minimum Gasteiger partial charge on any atom is -0.347 e. The maximum Gasteiger partial charge on any atom is 0.405 e. The Bertz CT molecular complexity index is 868. The van der Waals surface area contributed by atoms with Crippen molar-refractivity contribution < 1.29 is 31.2 Å². The number of benzene rings is 1. The van der Waals surface area contributed by atoms with Crippen LogP contribution in [0.4, 0.5) is 13.2 Å². The van der Waals surface area contributed by atoms with Crippen molar-refractivity contribution >= 4 is 21.8 Å². The molecule has 0 atom stereocenters. The predicted molar refractivity (Wildman–Crippen MR) is 102 cm³/mol. The highest BCUT2D eigenvalue weighted by atomic mass is 32.2. The molecule has 0 aliphatic heterocycles. The normalized spacial score (nSPS) is 12.0. The standard InChI is InChI=1S/C18H26F3N3O4S/c1-10-11(2)13(4)17(14(5)12(10)3)29(27,28)24-7-6-15(25)22-8-16(26)23-9-18(19,20)21/h24H,6-9H2,1-5H3,(H,22,25)(H,23,26). The summed E-state index contributed by atoms with van der Waals surface area (Å²) in [5.41, 5.74) is 4.02. The van der Waals surface area contributed by atoms with Crippen molar-refractivity contribution in [2.75, 3.05) is 19.6 Å². The van der Waals surface area contributed by atoms with E-state index in [1.807, 2.05) is 20.8 Å². The molecule has 7 nitrogen and oxygen atoms in total. The maximum atomic E-state index is 12.7. The summed E-state index contributed by atoms with van der Waals surface area (Å²) in [6.45, 7) is 6.70. The molecule has 0 aromatic heterocycles. The van der Waals surface area contributed by atoms with Gasteiger partial charge in [-0.1, -0.05) is 0 Å². The molecular weight excluding hydrogens is 411 g/mol. The summed E-state index contributed by atoms with van der Waals surface area (Å²) in [4.78, 5) is 23.1. The van der Waals surface area contributed by atoms with Crippen LogP contribution in [0.5, 0.6) is 0 Å². The first kappa shape index (κ1) is 24.9. The Morgan fingerprint density at radius 2 is 1.31 bits per heavy atom. The van der Waals surface area contributed by atoms with Crippen molar-refractivity contribution in [3.8, 4) is 0 Å². The van der Waals surface area contributed by atoms with E-state index < -0.39 is 41.1 Å². The van der Waals surface area contributed by atoms with E-state index in [-0.39, 0.29) is 17.9 Å². The lowest BCUT2D eigenvalue weighted by molar-refractivity contribution is -0.138. The molecule has 0 unspecified atom stereocenters. The Kier molecular flexibility index (Phi) is 8.22. The number of nitrogens with one attached hydrogen (secondary N) is 3. The summed E-state index contributed by atoms with van der Waals surface area (Å²) in [6.07, 6.45) is -4.81. The first-order valence-corrected chi connectivity index (χ1v) is 10.3. The van der Waals surface area contributed by atoms with Crippen molar-refractivity contribution in [3.63, 3.8) is 0 Å². The molecule has 3 N–H and O–H groups in total. The fourth-order valence-corrected chi connectivity index (χ4v) is 4.40. The van der Waals surface area contributed by atoms with Crippen LogP contribution in [-0.2, 0) is 19.6 Å². The highest BCUT2D eigenvalue weighted by molar-refractivity contribution is 7.89. The largest absolute Gasteiger partial charge is 0.405 e. The molecule has 0 bridgehead atoms. The fraction of sp³-hybridized carbons (Fsp3) is 0.556. The molecule has 0 aliphatic rings.